The Balaban J connectivity index is 0.00000194. The highest BCUT2D eigenvalue weighted by atomic mass is 16.4. The maximum absolute atomic E-state index is 12.6. The molecule has 1 fully saturated rings. The molecule has 26 heavy (non-hydrogen) atoms. The minimum absolute atomic E-state index is 0.163. The summed E-state index contributed by atoms with van der Waals surface area (Å²) >= 11 is 0. The molecule has 152 valence electrons. The summed E-state index contributed by atoms with van der Waals surface area (Å²) in [5.41, 5.74) is -0.507. The summed E-state index contributed by atoms with van der Waals surface area (Å²) in [6.07, 6.45) is 4.09. The lowest BCUT2D eigenvalue weighted by Crippen LogP contribution is -2.58. The Morgan fingerprint density at radius 2 is 1.77 bits per heavy atom. The first-order valence-corrected chi connectivity index (χ1v) is 9.43. The normalized spacial score (nSPS) is 19.0. The number of likely N-dealkylation sites (tertiary alicyclic amines) is 1. The Kier molecular flexibility index (Phi) is 10.5. The molecule has 1 rings (SSSR count). The monoisotopic (exact) mass is 371 g/mol. The van der Waals surface area contributed by atoms with E-state index in [9.17, 15) is 14.4 Å². The summed E-state index contributed by atoms with van der Waals surface area (Å²) < 4.78 is 0. The maximum Gasteiger partial charge on any atom is 0.323 e. The molecule has 7 nitrogen and oxygen atoms in total. The van der Waals surface area contributed by atoms with Crippen LogP contribution in [0.2, 0.25) is 0 Å². The second-order valence-corrected chi connectivity index (χ2v) is 8.09. The number of carboxylic acids is 1. The first-order chi connectivity index (χ1) is 11.9. The van der Waals surface area contributed by atoms with Gasteiger partial charge in [-0.05, 0) is 31.8 Å². The van der Waals surface area contributed by atoms with Crippen LogP contribution in [0.25, 0.3) is 0 Å². The van der Waals surface area contributed by atoms with Crippen molar-refractivity contribution in [2.24, 2.45) is 5.41 Å². The van der Waals surface area contributed by atoms with E-state index in [4.69, 9.17) is 5.11 Å². The van der Waals surface area contributed by atoms with Crippen LogP contribution >= 0.6 is 0 Å². The Labute approximate surface area is 158 Å². The largest absolute Gasteiger partial charge is 0.480 e. The standard InChI is InChI=1S/C16H29N3O4.C3H8/c1-16(2,3)13(15(23)19(5)10-12(20)21)17-14(22)11-8-6-7-9-18(11)4;1-3-2/h11,13H,6-10H2,1-5H3,(H,17,22)(H,20,21);3H2,1-2H3. The van der Waals surface area contributed by atoms with Crippen LogP contribution < -0.4 is 5.32 Å². The molecule has 0 aromatic heterocycles. The van der Waals surface area contributed by atoms with E-state index in [-0.39, 0.29) is 24.4 Å². The van der Waals surface area contributed by atoms with Gasteiger partial charge in [0.1, 0.15) is 12.6 Å². The number of rotatable bonds is 5. The molecule has 1 heterocycles. The van der Waals surface area contributed by atoms with Crippen molar-refractivity contribution in [3.8, 4) is 0 Å². The summed E-state index contributed by atoms with van der Waals surface area (Å²) in [5.74, 6) is -1.62. The van der Waals surface area contributed by atoms with Crippen molar-refractivity contribution in [2.75, 3.05) is 27.2 Å². The van der Waals surface area contributed by atoms with Crippen molar-refractivity contribution in [1.29, 1.82) is 0 Å². The predicted octanol–water partition coefficient (Wildman–Crippen LogP) is 1.96. The van der Waals surface area contributed by atoms with Crippen molar-refractivity contribution in [2.45, 2.75) is 72.4 Å². The van der Waals surface area contributed by atoms with Gasteiger partial charge in [-0.25, -0.2) is 0 Å². The number of nitrogens with one attached hydrogen (secondary N) is 1. The van der Waals surface area contributed by atoms with Crippen molar-refractivity contribution >= 4 is 17.8 Å². The number of piperidine rings is 1. The van der Waals surface area contributed by atoms with Crippen LogP contribution in [-0.2, 0) is 14.4 Å². The van der Waals surface area contributed by atoms with Gasteiger partial charge in [-0.1, -0.05) is 47.5 Å². The van der Waals surface area contributed by atoms with Gasteiger partial charge in [0.25, 0.3) is 0 Å². The number of carbonyl (C=O) groups is 3. The van der Waals surface area contributed by atoms with Crippen LogP contribution in [0, 0.1) is 5.41 Å². The third kappa shape index (κ3) is 8.17. The van der Waals surface area contributed by atoms with Crippen molar-refractivity contribution < 1.29 is 19.5 Å². The summed E-state index contributed by atoms with van der Waals surface area (Å²) in [4.78, 5) is 39.1. The Morgan fingerprint density at radius 3 is 2.19 bits per heavy atom. The van der Waals surface area contributed by atoms with Crippen molar-refractivity contribution in [3.05, 3.63) is 0 Å². The molecule has 0 aromatic carbocycles. The molecule has 2 unspecified atom stereocenters. The minimum atomic E-state index is -1.08. The fourth-order valence-corrected chi connectivity index (χ4v) is 2.79. The maximum atomic E-state index is 12.6. The predicted molar refractivity (Wildman–Crippen MR) is 103 cm³/mol. The zero-order valence-corrected chi connectivity index (χ0v) is 17.5. The first-order valence-electron chi connectivity index (χ1n) is 9.43. The van der Waals surface area contributed by atoms with Gasteiger partial charge in [0.2, 0.25) is 11.8 Å². The van der Waals surface area contributed by atoms with Crippen LogP contribution in [0.4, 0.5) is 0 Å². The molecule has 7 heteroatoms. The number of amides is 2. The fourth-order valence-electron chi connectivity index (χ4n) is 2.79. The van der Waals surface area contributed by atoms with Crippen molar-refractivity contribution in [3.63, 3.8) is 0 Å². The van der Waals surface area contributed by atoms with E-state index in [2.05, 4.69) is 19.2 Å². The van der Waals surface area contributed by atoms with Gasteiger partial charge >= 0.3 is 5.97 Å². The smallest absolute Gasteiger partial charge is 0.323 e. The van der Waals surface area contributed by atoms with Gasteiger partial charge in [0.05, 0.1) is 6.04 Å². The molecule has 1 aliphatic heterocycles. The van der Waals surface area contributed by atoms with Crippen molar-refractivity contribution in [1.82, 2.24) is 15.1 Å². The van der Waals surface area contributed by atoms with E-state index >= 15 is 0 Å². The summed E-state index contributed by atoms with van der Waals surface area (Å²) in [5, 5.41) is 11.7. The molecule has 0 aliphatic carbocycles. The third-order valence-corrected chi connectivity index (χ3v) is 4.22. The number of carbonyl (C=O) groups excluding carboxylic acids is 2. The lowest BCUT2D eigenvalue weighted by molar-refractivity contribution is -0.146. The van der Waals surface area contributed by atoms with E-state index in [0.29, 0.717) is 0 Å². The average Bonchev–Trinajstić information content (AvgIpc) is 2.51. The Hall–Kier alpha value is -1.63. The van der Waals surface area contributed by atoms with E-state index in [1.807, 2.05) is 32.7 Å². The fraction of sp³-hybridized carbons (Fsp3) is 0.842. The molecule has 0 saturated carbocycles. The number of aliphatic carboxylic acids is 1. The highest BCUT2D eigenvalue weighted by Crippen LogP contribution is 2.22. The van der Waals surface area contributed by atoms with E-state index < -0.39 is 17.4 Å². The topological polar surface area (TPSA) is 90.0 Å². The summed E-state index contributed by atoms with van der Waals surface area (Å²) in [6, 6.07) is -0.985. The van der Waals surface area contributed by atoms with Crippen LogP contribution in [-0.4, -0.2) is 72.0 Å². The quantitative estimate of drug-likeness (QED) is 0.771. The number of hydrogen-bond acceptors (Lipinski definition) is 4. The SMILES string of the molecule is CCC.CN(CC(=O)O)C(=O)C(NC(=O)C1CCCCN1C)C(C)(C)C. The molecule has 1 saturated heterocycles. The van der Waals surface area contributed by atoms with Crippen LogP contribution in [0.1, 0.15) is 60.3 Å². The number of likely N-dealkylation sites (N-methyl/N-ethyl adjacent to an activating group) is 2. The molecule has 2 amide bonds. The molecule has 0 aromatic rings. The molecule has 0 bridgehead atoms. The molecule has 2 N–H and O–H groups in total. The van der Waals surface area contributed by atoms with Gasteiger partial charge in [-0.3, -0.25) is 19.3 Å². The highest BCUT2D eigenvalue weighted by molar-refractivity contribution is 5.91. The van der Waals surface area contributed by atoms with Gasteiger partial charge < -0.3 is 15.3 Å². The number of nitrogens with zero attached hydrogens (tertiary/aromatic N) is 2. The molecule has 1 aliphatic rings. The third-order valence-electron chi connectivity index (χ3n) is 4.22. The Morgan fingerprint density at radius 1 is 1.23 bits per heavy atom. The summed E-state index contributed by atoms with van der Waals surface area (Å²) in [6.45, 7) is 10.3. The van der Waals surface area contributed by atoms with Gasteiger partial charge in [0, 0.05) is 7.05 Å². The lowest BCUT2D eigenvalue weighted by atomic mass is 9.85. The van der Waals surface area contributed by atoms with E-state index in [1.165, 1.54) is 13.5 Å². The van der Waals surface area contributed by atoms with E-state index in [0.717, 1.165) is 30.7 Å². The zero-order valence-electron chi connectivity index (χ0n) is 17.5. The molecular weight excluding hydrogens is 334 g/mol. The number of hydrogen-bond donors (Lipinski definition) is 2. The van der Waals surface area contributed by atoms with E-state index in [1.54, 1.807) is 0 Å². The second kappa shape index (κ2) is 11.2. The second-order valence-electron chi connectivity index (χ2n) is 8.09. The molecule has 0 radical (unpaired) electrons. The highest BCUT2D eigenvalue weighted by Gasteiger charge is 2.37. The van der Waals surface area contributed by atoms with Crippen LogP contribution in [0.5, 0.6) is 0 Å². The summed E-state index contributed by atoms with van der Waals surface area (Å²) in [7, 11) is 3.35. The van der Waals surface area contributed by atoms with Crippen LogP contribution in [0.3, 0.4) is 0 Å². The minimum Gasteiger partial charge on any atom is -0.480 e. The van der Waals surface area contributed by atoms with Gasteiger partial charge in [-0.15, -0.1) is 0 Å². The molecule has 0 spiro atoms. The van der Waals surface area contributed by atoms with Gasteiger partial charge in [-0.2, -0.15) is 0 Å². The molecular formula is C19H37N3O4. The lowest BCUT2D eigenvalue weighted by Gasteiger charge is -2.36. The number of carboxylic acid groups (broad SMARTS) is 1. The zero-order chi connectivity index (χ0) is 20.5. The first kappa shape index (κ1) is 24.4. The molecule has 2 atom stereocenters. The Bertz CT molecular complexity index is 474. The van der Waals surface area contributed by atoms with Gasteiger partial charge in [0.15, 0.2) is 0 Å². The average molecular weight is 372 g/mol. The van der Waals surface area contributed by atoms with Crippen LogP contribution in [0.15, 0.2) is 0 Å².